The number of halogens is 3. The molecule has 2 aromatic rings. The van der Waals surface area contributed by atoms with Crippen LogP contribution in [0, 0.1) is 6.92 Å². The van der Waals surface area contributed by atoms with E-state index in [9.17, 15) is 22.8 Å². The van der Waals surface area contributed by atoms with Gasteiger partial charge in [-0.15, -0.1) is 0 Å². The lowest BCUT2D eigenvalue weighted by molar-refractivity contribution is -0.138. The van der Waals surface area contributed by atoms with Crippen molar-refractivity contribution in [3.8, 4) is 0 Å². The van der Waals surface area contributed by atoms with Crippen LogP contribution in [0.25, 0.3) is 0 Å². The molecule has 0 fully saturated rings. The zero-order valence-electron chi connectivity index (χ0n) is 10.7. The summed E-state index contributed by atoms with van der Waals surface area (Å²) in [5, 5.41) is 1.83. The Morgan fingerprint density at radius 1 is 1.19 bits per heavy atom. The van der Waals surface area contributed by atoms with Crippen LogP contribution in [0.3, 0.4) is 0 Å². The highest BCUT2D eigenvalue weighted by Gasteiger charge is 2.35. The topological polar surface area (TPSA) is 72.2 Å². The number of pyridine rings is 1. The maximum atomic E-state index is 12.8. The van der Waals surface area contributed by atoms with Crippen molar-refractivity contribution < 1.29 is 27.2 Å². The third-order valence-corrected chi connectivity index (χ3v) is 2.56. The summed E-state index contributed by atoms with van der Waals surface area (Å²) in [4.78, 5) is 26.9. The second kappa shape index (κ2) is 5.39. The Hall–Kier alpha value is -2.64. The third kappa shape index (κ3) is 3.28. The Kier molecular flexibility index (Phi) is 3.79. The molecule has 2 heterocycles. The van der Waals surface area contributed by atoms with Crippen molar-refractivity contribution >= 4 is 11.8 Å². The van der Waals surface area contributed by atoms with Gasteiger partial charge in [0.2, 0.25) is 0 Å². The van der Waals surface area contributed by atoms with Gasteiger partial charge in [0.05, 0.1) is 11.1 Å². The van der Waals surface area contributed by atoms with Crippen LogP contribution in [0.15, 0.2) is 35.0 Å². The number of hydrogen-bond acceptors (Lipinski definition) is 4. The van der Waals surface area contributed by atoms with Crippen molar-refractivity contribution in [3.63, 3.8) is 0 Å². The lowest BCUT2D eigenvalue weighted by atomic mass is 10.1. The SMILES string of the molecule is Cc1ccc(C(=O)NC(=O)c2cnccc2C(F)(F)F)o1. The normalized spacial score (nSPS) is 11.2. The molecule has 0 aromatic carbocycles. The van der Waals surface area contributed by atoms with E-state index in [2.05, 4.69) is 4.98 Å². The van der Waals surface area contributed by atoms with Crippen LogP contribution >= 0.6 is 0 Å². The average Bonchev–Trinajstić information content (AvgIpc) is 2.84. The number of nitrogens with one attached hydrogen (secondary N) is 1. The van der Waals surface area contributed by atoms with Crippen LogP contribution in [0.5, 0.6) is 0 Å². The molecule has 5 nitrogen and oxygen atoms in total. The second-order valence-corrected chi connectivity index (χ2v) is 4.11. The predicted octanol–water partition coefficient (Wildman–Crippen LogP) is 2.57. The minimum Gasteiger partial charge on any atom is -0.456 e. The van der Waals surface area contributed by atoms with Gasteiger partial charge >= 0.3 is 6.18 Å². The number of aryl methyl sites for hydroxylation is 1. The maximum absolute atomic E-state index is 12.8. The van der Waals surface area contributed by atoms with Crippen molar-refractivity contribution in [2.75, 3.05) is 0 Å². The van der Waals surface area contributed by atoms with Crippen LogP contribution in [0.1, 0.15) is 32.2 Å². The quantitative estimate of drug-likeness (QED) is 0.865. The van der Waals surface area contributed by atoms with Crippen LogP contribution in [-0.2, 0) is 6.18 Å². The maximum Gasteiger partial charge on any atom is 0.417 e. The zero-order chi connectivity index (χ0) is 15.6. The Bertz CT molecular complexity index is 692. The number of rotatable bonds is 2. The first-order valence-electron chi connectivity index (χ1n) is 5.72. The molecule has 0 unspecified atom stereocenters. The Morgan fingerprint density at radius 2 is 1.90 bits per heavy atom. The number of nitrogens with zero attached hydrogens (tertiary/aromatic N) is 1. The molecule has 2 aromatic heterocycles. The third-order valence-electron chi connectivity index (χ3n) is 2.56. The van der Waals surface area contributed by atoms with Gasteiger partial charge in [0.15, 0.2) is 5.76 Å². The van der Waals surface area contributed by atoms with E-state index in [-0.39, 0.29) is 5.76 Å². The van der Waals surface area contributed by atoms with E-state index >= 15 is 0 Å². The van der Waals surface area contributed by atoms with E-state index in [0.29, 0.717) is 11.8 Å². The van der Waals surface area contributed by atoms with Gasteiger partial charge in [-0.25, -0.2) is 0 Å². The molecular formula is C13H9F3N2O3. The molecule has 0 saturated carbocycles. The molecular weight excluding hydrogens is 289 g/mol. The molecule has 2 rings (SSSR count). The summed E-state index contributed by atoms with van der Waals surface area (Å²) in [5.41, 5.74) is -1.90. The van der Waals surface area contributed by atoms with E-state index in [0.717, 1.165) is 12.4 Å². The minimum atomic E-state index is -4.72. The molecule has 8 heteroatoms. The molecule has 0 atom stereocenters. The van der Waals surface area contributed by atoms with E-state index in [1.54, 1.807) is 6.92 Å². The zero-order valence-corrected chi connectivity index (χ0v) is 10.7. The minimum absolute atomic E-state index is 0.168. The van der Waals surface area contributed by atoms with Gasteiger partial charge in [-0.05, 0) is 25.1 Å². The monoisotopic (exact) mass is 298 g/mol. The van der Waals surface area contributed by atoms with E-state index in [4.69, 9.17) is 4.42 Å². The van der Waals surface area contributed by atoms with Crippen molar-refractivity contribution in [2.45, 2.75) is 13.1 Å². The Balaban J connectivity index is 2.24. The van der Waals surface area contributed by atoms with E-state index in [1.165, 1.54) is 12.1 Å². The summed E-state index contributed by atoms with van der Waals surface area (Å²) in [6, 6.07) is 3.47. The summed E-state index contributed by atoms with van der Waals surface area (Å²) in [6.07, 6.45) is -3.06. The van der Waals surface area contributed by atoms with Gasteiger partial charge in [-0.2, -0.15) is 13.2 Å². The summed E-state index contributed by atoms with van der Waals surface area (Å²) in [5.74, 6) is -1.86. The number of furan rings is 1. The second-order valence-electron chi connectivity index (χ2n) is 4.11. The number of imide groups is 1. The largest absolute Gasteiger partial charge is 0.456 e. The molecule has 0 spiro atoms. The fourth-order valence-corrected chi connectivity index (χ4v) is 1.61. The van der Waals surface area contributed by atoms with Gasteiger partial charge in [0, 0.05) is 12.4 Å². The first-order chi connectivity index (χ1) is 9.79. The highest BCUT2D eigenvalue weighted by atomic mass is 19.4. The van der Waals surface area contributed by atoms with Crippen LogP contribution in [-0.4, -0.2) is 16.8 Å². The van der Waals surface area contributed by atoms with Crippen molar-refractivity contribution in [1.29, 1.82) is 0 Å². The Morgan fingerprint density at radius 3 is 2.48 bits per heavy atom. The fourth-order valence-electron chi connectivity index (χ4n) is 1.61. The smallest absolute Gasteiger partial charge is 0.417 e. The number of carbonyl (C=O) groups is 2. The summed E-state index contributed by atoms with van der Waals surface area (Å²) >= 11 is 0. The number of aromatic nitrogens is 1. The molecule has 2 amide bonds. The molecule has 0 aliphatic carbocycles. The van der Waals surface area contributed by atoms with Crippen molar-refractivity contribution in [1.82, 2.24) is 10.3 Å². The van der Waals surface area contributed by atoms with Crippen molar-refractivity contribution in [2.24, 2.45) is 0 Å². The fraction of sp³-hybridized carbons (Fsp3) is 0.154. The Labute approximate surface area is 116 Å². The molecule has 110 valence electrons. The summed E-state index contributed by atoms with van der Waals surface area (Å²) < 4.78 is 43.3. The van der Waals surface area contributed by atoms with Crippen LogP contribution < -0.4 is 5.32 Å². The lowest BCUT2D eigenvalue weighted by Crippen LogP contribution is -2.32. The molecule has 0 aliphatic heterocycles. The van der Waals surface area contributed by atoms with Crippen LogP contribution in [0.4, 0.5) is 13.2 Å². The number of carbonyl (C=O) groups excluding carboxylic acids is 2. The number of hydrogen-bond donors (Lipinski definition) is 1. The highest BCUT2D eigenvalue weighted by Crippen LogP contribution is 2.31. The van der Waals surface area contributed by atoms with Gasteiger partial charge < -0.3 is 4.42 Å². The molecule has 21 heavy (non-hydrogen) atoms. The van der Waals surface area contributed by atoms with Gasteiger partial charge in [0.25, 0.3) is 11.8 Å². The molecule has 0 radical (unpaired) electrons. The summed E-state index contributed by atoms with van der Waals surface area (Å²) in [7, 11) is 0. The predicted molar refractivity (Wildman–Crippen MR) is 64.5 cm³/mol. The van der Waals surface area contributed by atoms with Gasteiger partial charge in [-0.3, -0.25) is 19.9 Å². The standard InChI is InChI=1S/C13H9F3N2O3/c1-7-2-3-10(21-7)12(20)18-11(19)8-6-17-5-4-9(8)13(14,15)16/h2-6H,1H3,(H,18,19,20). The van der Waals surface area contributed by atoms with E-state index < -0.39 is 29.1 Å². The van der Waals surface area contributed by atoms with Gasteiger partial charge in [-0.1, -0.05) is 0 Å². The first kappa shape index (κ1) is 14.8. The van der Waals surface area contributed by atoms with Gasteiger partial charge in [0.1, 0.15) is 5.76 Å². The molecule has 0 bridgehead atoms. The lowest BCUT2D eigenvalue weighted by Gasteiger charge is -2.11. The molecule has 0 aliphatic rings. The highest BCUT2D eigenvalue weighted by molar-refractivity contribution is 6.09. The summed E-state index contributed by atoms with van der Waals surface area (Å²) in [6.45, 7) is 1.58. The number of alkyl halides is 3. The number of amides is 2. The molecule has 0 saturated heterocycles. The van der Waals surface area contributed by atoms with Crippen LogP contribution in [0.2, 0.25) is 0 Å². The molecule has 1 N–H and O–H groups in total. The van der Waals surface area contributed by atoms with E-state index in [1.807, 2.05) is 5.32 Å². The average molecular weight is 298 g/mol. The first-order valence-corrected chi connectivity index (χ1v) is 5.72. The van der Waals surface area contributed by atoms with Crippen molar-refractivity contribution in [3.05, 3.63) is 53.2 Å².